The van der Waals surface area contributed by atoms with Crippen molar-refractivity contribution in [2.75, 3.05) is 45.5 Å². The van der Waals surface area contributed by atoms with Gasteiger partial charge >= 0.3 is 35.8 Å². The molecule has 1 unspecified atom stereocenters. The number of carboxylic acids is 1. The van der Waals surface area contributed by atoms with Crippen LogP contribution >= 0.6 is 0 Å². The number of aryl methyl sites for hydroxylation is 2. The standard InChI is InChI=1S/C33H34N6O6.C29H41NO7.C27H44O3.C15H22FN3O6/c1-3-42-32-34-28-15-9-14-27(31(40)43-21(2)44-33(41)45-24-10-5-4-6-11-24)29(28)39(32)20-22-16-18-23(19-17-22)25-12-7-8-13-26(25)30-35-37-38-36-30;1-35-15-16-36-19-23(27(33)37-25-12-9-20-5-4-6-22(20)17-25)18-29(13-2-3-14-29)28(34)30-24-10-7-21(8-11-24)26(31)32;1-18(8-6-14-26(3,4)30)23-12-13-24-20(9-7-15-27(23,24)5)10-11-21-16-22(28)17-25(29)19(21)2;1-3-4-5-6-24-15(23)18-12-9(16)7-19(14(22)17-12)13-11(21)10(20)8(2)25-13/h7-9,12-19,21,24H,3-6,10-11,20H2,1-2H3,(H,35,36,37,38);9,12,17,21,23-24H,2-8,10-11,13-16,18-19H2,1H3,(H,30,34)(H,31,32);10-11,18,22-25,28-30H,2,6-9,12-17H2,1,3-5H3;7-8,10-11,13,20-21H,3-6H2,1-2H3,(H,17,18,22,23)/b;;20-10+,21-11-;/t;21?,23-,24?;18-,22-,23-,24+,25+,27-;8-,10-,11-,13-/m.011/s1. The number of aromatic amines is 1. The van der Waals surface area contributed by atoms with Crippen LogP contribution < -0.4 is 25.8 Å². The normalized spacial score (nSPS) is 24.2. The number of unbranched alkanes of at least 4 members (excludes halogenated alkanes) is 2. The maximum atomic E-state index is 14.1. The Hall–Kier alpha value is -10.7. The fourth-order valence-electron chi connectivity index (χ4n) is 21.0. The van der Waals surface area contributed by atoms with Gasteiger partial charge in [0.05, 0.1) is 104 Å². The van der Waals surface area contributed by atoms with E-state index >= 15 is 0 Å². The molecule has 15 rings (SSSR count). The Kier molecular flexibility index (Phi) is 38.2. The highest BCUT2D eigenvalue weighted by atomic mass is 19.1. The number of aliphatic hydroxyl groups excluding tert-OH is 4. The van der Waals surface area contributed by atoms with Crippen molar-refractivity contribution in [1.29, 1.82) is 0 Å². The van der Waals surface area contributed by atoms with Gasteiger partial charge in [0.1, 0.15) is 24.1 Å². The minimum atomic E-state index is -1.41. The van der Waals surface area contributed by atoms with E-state index in [1.54, 1.807) is 24.8 Å². The van der Waals surface area contributed by atoms with E-state index in [1.165, 1.54) is 63.5 Å². The maximum Gasteiger partial charge on any atom is 0.511 e. The predicted molar refractivity (Wildman–Crippen MR) is 510 cm³/mol. The van der Waals surface area contributed by atoms with Gasteiger partial charge in [-0.2, -0.15) is 15.2 Å². The number of fused-ring (bicyclic) bond motifs is 3. The largest absolute Gasteiger partial charge is 0.511 e. The number of tetrazole rings is 1. The first-order chi connectivity index (χ1) is 65.7. The number of aliphatic hydroxyl groups is 5. The Morgan fingerprint density at radius 3 is 2.23 bits per heavy atom. The van der Waals surface area contributed by atoms with Gasteiger partial charge in [0.15, 0.2) is 17.9 Å². The van der Waals surface area contributed by atoms with E-state index in [0.29, 0.717) is 124 Å². The lowest BCUT2D eigenvalue weighted by atomic mass is 9.60. The van der Waals surface area contributed by atoms with Crippen molar-refractivity contribution in [3.8, 4) is 34.3 Å². The Balaban J connectivity index is 0.000000168. The second-order valence-corrected chi connectivity index (χ2v) is 39.0. The molecule has 32 nitrogen and oxygen atoms in total. The zero-order chi connectivity index (χ0) is 98.1. The van der Waals surface area contributed by atoms with Crippen molar-refractivity contribution in [3.63, 3.8) is 0 Å². The number of aliphatic carboxylic acids is 1. The van der Waals surface area contributed by atoms with Gasteiger partial charge in [0, 0.05) is 32.1 Å². The number of amides is 2. The van der Waals surface area contributed by atoms with E-state index < -0.39 is 101 Å². The molecule has 7 fully saturated rings. The topological polar surface area (TPSA) is 438 Å². The molecule has 3 aromatic heterocycles. The fourth-order valence-corrected chi connectivity index (χ4v) is 21.0. The predicted octanol–water partition coefficient (Wildman–Crippen LogP) is 16.9. The summed E-state index contributed by atoms with van der Waals surface area (Å²) in [6.07, 6.45) is 23.7. The number of rotatable bonds is 34. The zero-order valence-corrected chi connectivity index (χ0v) is 80.8. The van der Waals surface area contributed by atoms with E-state index in [-0.39, 0.29) is 48.7 Å². The van der Waals surface area contributed by atoms with Crippen LogP contribution in [-0.4, -0.2) is 201 Å². The number of nitrogens with one attached hydrogen (secondary N) is 3. The minimum Gasteiger partial charge on any atom is -0.481 e. The van der Waals surface area contributed by atoms with Crippen molar-refractivity contribution in [2.45, 2.75) is 315 Å². The monoisotopic (exact) mass is 1900 g/mol. The number of aromatic nitrogens is 8. The number of halogens is 1. The van der Waals surface area contributed by atoms with Crippen molar-refractivity contribution < 1.29 is 106 Å². The Morgan fingerprint density at radius 2 is 1.54 bits per heavy atom. The number of anilines is 1. The molecule has 137 heavy (non-hydrogen) atoms. The van der Waals surface area contributed by atoms with Crippen LogP contribution in [0.1, 0.15) is 268 Å². The number of hydrogen-bond acceptors (Lipinski definition) is 26. The fraction of sp³-hybridized carbons (Fsp3) is 0.596. The van der Waals surface area contributed by atoms with Gasteiger partial charge in [-0.05, 0) is 261 Å². The van der Waals surface area contributed by atoms with E-state index in [2.05, 4.69) is 73.8 Å². The highest BCUT2D eigenvalue weighted by Crippen LogP contribution is 2.60. The first kappa shape index (κ1) is 105. The number of benzene rings is 4. The third-order valence-corrected chi connectivity index (χ3v) is 28.5. The average molecular weight is 1900 g/mol. The summed E-state index contributed by atoms with van der Waals surface area (Å²) < 4.78 is 65.5. The number of ether oxygens (including phenoxy) is 9. The van der Waals surface area contributed by atoms with Gasteiger partial charge < -0.3 is 78.6 Å². The lowest BCUT2D eigenvalue weighted by molar-refractivity contribution is -0.145. The summed E-state index contributed by atoms with van der Waals surface area (Å²) in [6.45, 7) is 21.6. The number of para-hydroxylation sites is 1. The molecule has 6 saturated carbocycles. The van der Waals surface area contributed by atoms with Crippen LogP contribution in [0, 0.1) is 46.2 Å². The Bertz CT molecular complexity index is 5310. The molecule has 7 aromatic rings. The molecule has 2 amide bonds. The van der Waals surface area contributed by atoms with Gasteiger partial charge in [-0.25, -0.2) is 23.6 Å². The maximum absolute atomic E-state index is 14.1. The van der Waals surface area contributed by atoms with Gasteiger partial charge in [-0.15, -0.1) is 10.2 Å². The van der Waals surface area contributed by atoms with E-state index in [9.17, 15) is 68.6 Å². The van der Waals surface area contributed by atoms with Crippen molar-refractivity contribution in [3.05, 3.63) is 165 Å². The third-order valence-electron chi connectivity index (χ3n) is 28.5. The number of hydrogen-bond donors (Lipinski definition) is 9. The van der Waals surface area contributed by atoms with Crippen LogP contribution in [0.4, 0.5) is 19.8 Å². The van der Waals surface area contributed by atoms with Gasteiger partial charge in [0.25, 0.3) is 6.01 Å². The molecular formula is C104H141FN10O22. The van der Waals surface area contributed by atoms with Crippen molar-refractivity contribution >= 4 is 52.9 Å². The van der Waals surface area contributed by atoms with E-state index in [0.717, 1.165) is 153 Å². The van der Waals surface area contributed by atoms with Crippen LogP contribution in [0.25, 0.3) is 33.5 Å². The SMILES string of the molecule is C=C1/C(=C\C=C2/CCC[C@]3(C)[C@@H]([C@H](C)CCCC(C)(C)O)CC[C@@H]23)C[C@@H](O)C[C@@H]1O.CCCCCOC(=O)Nc1nc(=O)n([C@@H]2O[C@H](C)[C@@H](O)[C@H]2O)cc1F.CCOc1nc2cccc(C(=O)OC(C)OC(=O)OC3CCCCC3)c2n1Cc1ccc(-c2ccccc2-c2nn[nH]n2)cc1.COCCOC[C@H](CC1(C(=O)NC2CCC(C(=O)O)CC2)CCCC1)C(=O)Oc1ccc2c(c1)CCC2. The van der Waals surface area contributed by atoms with Crippen LogP contribution in [0.3, 0.4) is 0 Å². The molecule has 1 saturated heterocycles. The summed E-state index contributed by atoms with van der Waals surface area (Å²) in [5, 5.41) is 78.8. The Labute approximate surface area is 801 Å². The summed E-state index contributed by atoms with van der Waals surface area (Å²) in [6, 6.07) is 27.3. The molecule has 12 atom stereocenters. The van der Waals surface area contributed by atoms with Gasteiger partial charge in [-0.3, -0.25) is 28.8 Å². The minimum absolute atomic E-state index is 0.0176. The zero-order valence-electron chi connectivity index (χ0n) is 80.8. The summed E-state index contributed by atoms with van der Waals surface area (Å²) in [5.74, 6) is -1.10. The van der Waals surface area contributed by atoms with Gasteiger partial charge in [-0.1, -0.05) is 151 Å². The molecule has 746 valence electrons. The lowest BCUT2D eigenvalue weighted by Gasteiger charge is -2.44. The Morgan fingerprint density at radius 1 is 0.796 bits per heavy atom. The second-order valence-electron chi connectivity index (χ2n) is 39.0. The van der Waals surface area contributed by atoms with Crippen LogP contribution in [0.2, 0.25) is 0 Å². The first-order valence-electron chi connectivity index (χ1n) is 49.2. The number of H-pyrrole nitrogens is 1. The van der Waals surface area contributed by atoms with E-state index in [1.807, 2.05) is 105 Å². The molecule has 8 aliphatic rings. The van der Waals surface area contributed by atoms with Crippen LogP contribution in [0.15, 0.2) is 131 Å². The number of nitrogens with zero attached hydrogens (tertiary/aromatic N) is 7. The molecule has 33 heteroatoms. The van der Waals surface area contributed by atoms with Gasteiger partial charge in [0.2, 0.25) is 18.0 Å². The number of imidazole rings is 1. The summed E-state index contributed by atoms with van der Waals surface area (Å²) in [4.78, 5) is 95.7. The number of esters is 2. The molecule has 0 radical (unpaired) electrons. The number of allylic oxidation sites excluding steroid dienone is 3. The van der Waals surface area contributed by atoms with Crippen molar-refractivity contribution in [1.82, 2.24) is 45.0 Å². The number of methoxy groups -OCH3 is 1. The summed E-state index contributed by atoms with van der Waals surface area (Å²) >= 11 is 0. The smallest absolute Gasteiger partial charge is 0.481 e. The summed E-state index contributed by atoms with van der Waals surface area (Å²) in [7, 11) is 1.60. The van der Waals surface area contributed by atoms with Crippen molar-refractivity contribution in [2.24, 2.45) is 40.4 Å². The number of carbonyl (C=O) groups is 6. The summed E-state index contributed by atoms with van der Waals surface area (Å²) in [5.41, 5.74) is 9.30. The number of carboxylic acid groups (broad SMARTS) is 1. The molecule has 4 aromatic carbocycles. The van der Waals surface area contributed by atoms with Crippen LogP contribution in [0.5, 0.6) is 11.8 Å². The molecule has 0 bridgehead atoms. The molecular weight excluding hydrogens is 1760 g/mol. The molecule has 9 N–H and O–H groups in total. The molecule has 4 heterocycles. The van der Waals surface area contributed by atoms with E-state index in [4.69, 9.17) is 42.6 Å². The third kappa shape index (κ3) is 28.4. The second kappa shape index (κ2) is 49.8. The van der Waals surface area contributed by atoms with Crippen LogP contribution in [-0.2, 0) is 66.9 Å². The number of carbonyl (C=O) groups excluding carboxylic acids is 5. The molecule has 7 aliphatic carbocycles. The average Bonchev–Trinajstić information content (AvgIpc) is 1.61. The lowest BCUT2D eigenvalue weighted by Crippen LogP contribution is -2.47. The first-order valence-corrected chi connectivity index (χ1v) is 49.2. The molecule has 1 aliphatic heterocycles. The highest BCUT2D eigenvalue weighted by molar-refractivity contribution is 6.02. The quantitative estimate of drug-likeness (QED) is 0.00594. The highest BCUT2D eigenvalue weighted by Gasteiger charge is 2.51. The molecule has 0 spiro atoms.